The molecule has 1 aromatic heterocycles. The van der Waals surface area contributed by atoms with E-state index in [0.717, 1.165) is 23.0 Å². The molecule has 0 spiro atoms. The molecule has 0 aliphatic heterocycles. The fourth-order valence-electron chi connectivity index (χ4n) is 2.33. The molecule has 0 bridgehead atoms. The normalized spacial score (nSPS) is 19.7. The highest BCUT2D eigenvalue weighted by atomic mass is 79.9. The molecule has 0 radical (unpaired) electrons. The van der Waals surface area contributed by atoms with Crippen LogP contribution in [0.4, 0.5) is 0 Å². The summed E-state index contributed by atoms with van der Waals surface area (Å²) in [7, 11) is 1.74. The lowest BCUT2D eigenvalue weighted by Crippen LogP contribution is -2.42. The van der Waals surface area contributed by atoms with Gasteiger partial charge in [0.1, 0.15) is 0 Å². The fraction of sp³-hybridized carbons (Fsp3) is 0.615. The van der Waals surface area contributed by atoms with Crippen molar-refractivity contribution in [2.45, 2.75) is 43.8 Å². The van der Waals surface area contributed by atoms with Crippen LogP contribution in [0.15, 0.2) is 22.8 Å². The monoisotopic (exact) mass is 299 g/mol. The topological polar surface area (TPSA) is 42.4 Å². The molecule has 1 N–H and O–H groups in total. The Bertz CT molecular complexity index is 357. The van der Waals surface area contributed by atoms with Crippen molar-refractivity contribution < 1.29 is 9.84 Å². The van der Waals surface area contributed by atoms with E-state index >= 15 is 0 Å². The number of pyridine rings is 1. The Kier molecular flexibility index (Phi) is 4.17. The number of hydrogen-bond donors (Lipinski definition) is 1. The lowest BCUT2D eigenvalue weighted by Gasteiger charge is -2.41. The van der Waals surface area contributed by atoms with E-state index in [0.29, 0.717) is 12.8 Å². The van der Waals surface area contributed by atoms with Gasteiger partial charge in [0.15, 0.2) is 0 Å². The van der Waals surface area contributed by atoms with Crippen molar-refractivity contribution in [3.05, 3.63) is 28.5 Å². The van der Waals surface area contributed by atoms with E-state index in [4.69, 9.17) is 4.74 Å². The van der Waals surface area contributed by atoms with Crippen LogP contribution in [0.5, 0.6) is 0 Å². The third kappa shape index (κ3) is 3.27. The fourth-order valence-corrected chi connectivity index (χ4v) is 2.57. The molecule has 4 heteroatoms. The highest BCUT2D eigenvalue weighted by Gasteiger charge is 2.38. The maximum absolute atomic E-state index is 10.1. The SMILES string of the molecule is COC1(CC(O)Cc2ccc(Br)cn2)CCC1. The minimum Gasteiger partial charge on any atom is -0.393 e. The number of ether oxygens (including phenoxy) is 1. The molecule has 2 rings (SSSR count). The molecule has 1 unspecified atom stereocenters. The van der Waals surface area contributed by atoms with Gasteiger partial charge in [0, 0.05) is 36.3 Å². The number of halogens is 1. The van der Waals surface area contributed by atoms with Gasteiger partial charge in [-0.2, -0.15) is 0 Å². The van der Waals surface area contributed by atoms with Crippen molar-refractivity contribution in [2.24, 2.45) is 0 Å². The maximum Gasteiger partial charge on any atom is 0.0703 e. The van der Waals surface area contributed by atoms with Crippen LogP contribution in [0.3, 0.4) is 0 Å². The first kappa shape index (κ1) is 13.0. The summed E-state index contributed by atoms with van der Waals surface area (Å²) in [6, 6.07) is 3.89. The van der Waals surface area contributed by atoms with Gasteiger partial charge >= 0.3 is 0 Å². The molecule has 1 atom stereocenters. The minimum atomic E-state index is -0.371. The molecular weight excluding hydrogens is 282 g/mol. The summed E-state index contributed by atoms with van der Waals surface area (Å²) >= 11 is 3.35. The molecule has 94 valence electrons. The van der Waals surface area contributed by atoms with Crippen molar-refractivity contribution in [3.8, 4) is 0 Å². The highest BCUT2D eigenvalue weighted by molar-refractivity contribution is 9.10. The molecule has 0 saturated heterocycles. The lowest BCUT2D eigenvalue weighted by atomic mass is 9.75. The zero-order chi connectivity index (χ0) is 12.3. The number of aliphatic hydroxyl groups is 1. The first-order valence-corrected chi connectivity index (χ1v) is 6.76. The molecule has 0 aromatic carbocycles. The molecule has 1 heterocycles. The van der Waals surface area contributed by atoms with Gasteiger partial charge in [-0.05, 0) is 47.3 Å². The van der Waals surface area contributed by atoms with Crippen molar-refractivity contribution in [1.82, 2.24) is 4.98 Å². The van der Waals surface area contributed by atoms with Crippen LogP contribution in [0.2, 0.25) is 0 Å². The van der Waals surface area contributed by atoms with Crippen LogP contribution < -0.4 is 0 Å². The van der Waals surface area contributed by atoms with Gasteiger partial charge in [-0.1, -0.05) is 0 Å². The molecule has 1 fully saturated rings. The third-order valence-electron chi connectivity index (χ3n) is 3.54. The second kappa shape index (κ2) is 5.46. The predicted molar refractivity (Wildman–Crippen MR) is 69.9 cm³/mol. The van der Waals surface area contributed by atoms with Gasteiger partial charge in [-0.15, -0.1) is 0 Å². The average Bonchev–Trinajstić information content (AvgIpc) is 2.27. The van der Waals surface area contributed by atoms with Crippen LogP contribution in [0.25, 0.3) is 0 Å². The van der Waals surface area contributed by atoms with Crippen LogP contribution in [0, 0.1) is 0 Å². The van der Waals surface area contributed by atoms with Crippen molar-refractivity contribution in [2.75, 3.05) is 7.11 Å². The Morgan fingerprint density at radius 2 is 2.29 bits per heavy atom. The maximum atomic E-state index is 10.1. The highest BCUT2D eigenvalue weighted by Crippen LogP contribution is 2.39. The summed E-state index contributed by atoms with van der Waals surface area (Å²) in [6.45, 7) is 0. The number of hydrogen-bond acceptors (Lipinski definition) is 3. The molecule has 1 aliphatic rings. The van der Waals surface area contributed by atoms with Gasteiger partial charge in [0.2, 0.25) is 0 Å². The van der Waals surface area contributed by atoms with Gasteiger partial charge in [-0.25, -0.2) is 0 Å². The van der Waals surface area contributed by atoms with Crippen molar-refractivity contribution in [3.63, 3.8) is 0 Å². The summed E-state index contributed by atoms with van der Waals surface area (Å²) in [5, 5.41) is 10.1. The quantitative estimate of drug-likeness (QED) is 0.909. The number of rotatable bonds is 5. The number of aromatic nitrogens is 1. The van der Waals surface area contributed by atoms with Gasteiger partial charge in [0.25, 0.3) is 0 Å². The van der Waals surface area contributed by atoms with Crippen LogP contribution in [0.1, 0.15) is 31.4 Å². The van der Waals surface area contributed by atoms with Crippen LogP contribution in [-0.4, -0.2) is 28.9 Å². The zero-order valence-corrected chi connectivity index (χ0v) is 11.6. The van der Waals surface area contributed by atoms with Crippen molar-refractivity contribution >= 4 is 15.9 Å². The summed E-state index contributed by atoms with van der Waals surface area (Å²) < 4.78 is 6.47. The Morgan fingerprint density at radius 3 is 2.76 bits per heavy atom. The van der Waals surface area contributed by atoms with E-state index in [1.54, 1.807) is 13.3 Å². The Morgan fingerprint density at radius 1 is 1.53 bits per heavy atom. The molecule has 1 aromatic rings. The summed E-state index contributed by atoms with van der Waals surface area (Å²) in [4.78, 5) is 4.27. The van der Waals surface area contributed by atoms with Gasteiger partial charge in [-0.3, -0.25) is 4.98 Å². The summed E-state index contributed by atoms with van der Waals surface area (Å²) in [5.74, 6) is 0. The summed E-state index contributed by atoms with van der Waals surface area (Å²) in [6.07, 6.45) is 6.03. The molecule has 3 nitrogen and oxygen atoms in total. The first-order valence-electron chi connectivity index (χ1n) is 5.97. The smallest absolute Gasteiger partial charge is 0.0703 e. The van der Waals surface area contributed by atoms with E-state index in [-0.39, 0.29) is 11.7 Å². The Balaban J connectivity index is 1.88. The number of methoxy groups -OCH3 is 1. The van der Waals surface area contributed by atoms with Crippen LogP contribution in [-0.2, 0) is 11.2 Å². The van der Waals surface area contributed by atoms with Crippen LogP contribution >= 0.6 is 15.9 Å². The number of aliphatic hydroxyl groups excluding tert-OH is 1. The predicted octanol–water partition coefficient (Wildman–Crippen LogP) is 2.71. The Labute approximate surface area is 110 Å². The zero-order valence-electron chi connectivity index (χ0n) is 10.0. The third-order valence-corrected chi connectivity index (χ3v) is 4.01. The standard InChI is InChI=1S/C13H18BrNO2/c1-17-13(5-2-6-13)8-12(16)7-11-4-3-10(14)9-15-11/h3-4,9,12,16H,2,5-8H2,1H3. The molecule has 17 heavy (non-hydrogen) atoms. The first-order chi connectivity index (χ1) is 8.13. The van der Waals surface area contributed by atoms with E-state index in [1.807, 2.05) is 12.1 Å². The van der Waals surface area contributed by atoms with E-state index in [1.165, 1.54) is 6.42 Å². The Hall–Kier alpha value is -0.450. The van der Waals surface area contributed by atoms with Crippen molar-refractivity contribution in [1.29, 1.82) is 0 Å². The number of nitrogens with zero attached hydrogens (tertiary/aromatic N) is 1. The van der Waals surface area contributed by atoms with E-state index in [2.05, 4.69) is 20.9 Å². The molecule has 1 aliphatic carbocycles. The molecule has 1 saturated carbocycles. The second-order valence-corrected chi connectivity index (χ2v) is 5.69. The van der Waals surface area contributed by atoms with Gasteiger partial charge in [0.05, 0.1) is 11.7 Å². The average molecular weight is 300 g/mol. The lowest BCUT2D eigenvalue weighted by molar-refractivity contribution is -0.0990. The van der Waals surface area contributed by atoms with E-state index < -0.39 is 0 Å². The second-order valence-electron chi connectivity index (χ2n) is 4.77. The van der Waals surface area contributed by atoms with Gasteiger partial charge < -0.3 is 9.84 Å². The summed E-state index contributed by atoms with van der Waals surface area (Å²) in [5.41, 5.74) is 0.848. The largest absolute Gasteiger partial charge is 0.393 e. The molecule has 0 amide bonds. The molecular formula is C13H18BrNO2. The van der Waals surface area contributed by atoms with E-state index in [9.17, 15) is 5.11 Å². The minimum absolute atomic E-state index is 0.0746.